The van der Waals surface area contributed by atoms with E-state index in [0.717, 1.165) is 16.5 Å². The lowest BCUT2D eigenvalue weighted by Crippen LogP contribution is -2.11. The molecule has 3 aromatic rings. The lowest BCUT2D eigenvalue weighted by molar-refractivity contribution is 0.598. The van der Waals surface area contributed by atoms with Gasteiger partial charge in [0.25, 0.3) is 0 Å². The summed E-state index contributed by atoms with van der Waals surface area (Å²) in [7, 11) is -3.70. The SMILES string of the molecule is NS(=O)(=O)c1cccc(-c2ccc3ccccc3n2)c1. The number of sulfonamides is 1. The molecule has 0 fully saturated rings. The van der Waals surface area contributed by atoms with Gasteiger partial charge < -0.3 is 0 Å². The number of nitrogens with two attached hydrogens (primary N) is 1. The molecule has 0 radical (unpaired) electrons. The van der Waals surface area contributed by atoms with Crippen molar-refractivity contribution in [2.75, 3.05) is 0 Å². The molecule has 2 N–H and O–H groups in total. The molecule has 0 saturated heterocycles. The predicted molar refractivity (Wildman–Crippen MR) is 78.6 cm³/mol. The number of rotatable bonds is 2. The Kier molecular flexibility index (Phi) is 3.00. The molecule has 100 valence electrons. The van der Waals surface area contributed by atoms with Gasteiger partial charge in [0.15, 0.2) is 0 Å². The fourth-order valence-electron chi connectivity index (χ4n) is 2.06. The number of benzene rings is 2. The average molecular weight is 284 g/mol. The van der Waals surface area contributed by atoms with Crippen molar-refractivity contribution < 1.29 is 8.42 Å². The van der Waals surface area contributed by atoms with Crippen LogP contribution in [0.5, 0.6) is 0 Å². The highest BCUT2D eigenvalue weighted by molar-refractivity contribution is 7.89. The molecule has 3 rings (SSSR count). The zero-order valence-corrected chi connectivity index (χ0v) is 11.3. The second-order valence-electron chi connectivity index (χ2n) is 4.46. The molecule has 0 aliphatic rings. The van der Waals surface area contributed by atoms with Gasteiger partial charge in [-0.2, -0.15) is 0 Å². The molecule has 20 heavy (non-hydrogen) atoms. The minimum Gasteiger partial charge on any atom is -0.248 e. The van der Waals surface area contributed by atoms with Crippen LogP contribution < -0.4 is 5.14 Å². The van der Waals surface area contributed by atoms with E-state index < -0.39 is 10.0 Å². The molecule has 0 bridgehead atoms. The summed E-state index contributed by atoms with van der Waals surface area (Å²) in [5.74, 6) is 0. The Morgan fingerprint density at radius 3 is 2.50 bits per heavy atom. The fourth-order valence-corrected chi connectivity index (χ4v) is 2.62. The van der Waals surface area contributed by atoms with Crippen molar-refractivity contribution in [3.63, 3.8) is 0 Å². The highest BCUT2D eigenvalue weighted by Gasteiger charge is 2.09. The average Bonchev–Trinajstić information content (AvgIpc) is 2.46. The van der Waals surface area contributed by atoms with Gasteiger partial charge in [-0.25, -0.2) is 18.5 Å². The molecule has 1 heterocycles. The van der Waals surface area contributed by atoms with Crippen LogP contribution in [-0.4, -0.2) is 13.4 Å². The van der Waals surface area contributed by atoms with Gasteiger partial charge >= 0.3 is 0 Å². The van der Waals surface area contributed by atoms with Crippen LogP contribution in [0.2, 0.25) is 0 Å². The Morgan fingerprint density at radius 2 is 1.70 bits per heavy atom. The normalized spacial score (nSPS) is 11.7. The maximum absolute atomic E-state index is 11.4. The van der Waals surface area contributed by atoms with Gasteiger partial charge in [-0.15, -0.1) is 0 Å². The third-order valence-corrected chi connectivity index (χ3v) is 3.97. The van der Waals surface area contributed by atoms with Crippen LogP contribution in [0, 0.1) is 0 Å². The quantitative estimate of drug-likeness (QED) is 0.786. The van der Waals surface area contributed by atoms with Crippen LogP contribution >= 0.6 is 0 Å². The second-order valence-corrected chi connectivity index (χ2v) is 6.02. The lowest BCUT2D eigenvalue weighted by atomic mass is 10.1. The summed E-state index contributed by atoms with van der Waals surface area (Å²) in [5.41, 5.74) is 2.31. The highest BCUT2D eigenvalue weighted by Crippen LogP contribution is 2.22. The van der Waals surface area contributed by atoms with E-state index in [9.17, 15) is 8.42 Å². The second kappa shape index (κ2) is 4.70. The molecule has 0 amide bonds. The number of hydrogen-bond acceptors (Lipinski definition) is 3. The first-order chi connectivity index (χ1) is 9.54. The zero-order valence-electron chi connectivity index (χ0n) is 10.5. The van der Waals surface area contributed by atoms with Crippen LogP contribution in [0.3, 0.4) is 0 Å². The van der Waals surface area contributed by atoms with Crippen LogP contribution in [0.4, 0.5) is 0 Å². The minimum atomic E-state index is -3.70. The van der Waals surface area contributed by atoms with Crippen molar-refractivity contribution in [3.8, 4) is 11.3 Å². The molecule has 1 aromatic heterocycles. The number of pyridine rings is 1. The van der Waals surface area contributed by atoms with Crippen molar-refractivity contribution in [2.45, 2.75) is 4.90 Å². The van der Waals surface area contributed by atoms with E-state index in [0.29, 0.717) is 5.69 Å². The summed E-state index contributed by atoms with van der Waals surface area (Å²) in [5, 5.41) is 6.19. The Labute approximate surface area is 116 Å². The molecular formula is C15H12N2O2S. The smallest absolute Gasteiger partial charge is 0.238 e. The van der Waals surface area contributed by atoms with Crippen molar-refractivity contribution in [3.05, 3.63) is 60.7 Å². The van der Waals surface area contributed by atoms with Crippen molar-refractivity contribution >= 4 is 20.9 Å². The first-order valence-electron chi connectivity index (χ1n) is 6.03. The van der Waals surface area contributed by atoms with Gasteiger partial charge in [0, 0.05) is 10.9 Å². The van der Waals surface area contributed by atoms with Crippen LogP contribution in [-0.2, 0) is 10.0 Å². The molecule has 0 atom stereocenters. The van der Waals surface area contributed by atoms with Gasteiger partial charge in [-0.05, 0) is 24.3 Å². The largest absolute Gasteiger partial charge is 0.248 e. The van der Waals surface area contributed by atoms with Gasteiger partial charge in [0.05, 0.1) is 16.1 Å². The summed E-state index contributed by atoms with van der Waals surface area (Å²) in [6.07, 6.45) is 0. The molecule has 5 heteroatoms. The van der Waals surface area contributed by atoms with E-state index in [4.69, 9.17) is 5.14 Å². The Hall–Kier alpha value is -2.24. The Balaban J connectivity index is 2.16. The zero-order chi connectivity index (χ0) is 14.2. The molecular weight excluding hydrogens is 272 g/mol. The van der Waals surface area contributed by atoms with Gasteiger partial charge in [-0.3, -0.25) is 0 Å². The predicted octanol–water partition coefficient (Wildman–Crippen LogP) is 2.55. The van der Waals surface area contributed by atoms with Gasteiger partial charge in [-0.1, -0.05) is 36.4 Å². The fraction of sp³-hybridized carbons (Fsp3) is 0. The lowest BCUT2D eigenvalue weighted by Gasteiger charge is -2.05. The maximum atomic E-state index is 11.4. The number of aromatic nitrogens is 1. The van der Waals surface area contributed by atoms with Gasteiger partial charge in [0.1, 0.15) is 0 Å². The van der Waals surface area contributed by atoms with Crippen molar-refractivity contribution in [1.29, 1.82) is 0 Å². The molecule has 0 saturated carbocycles. The molecule has 2 aromatic carbocycles. The topological polar surface area (TPSA) is 73.1 Å². The minimum absolute atomic E-state index is 0.0879. The number of para-hydroxylation sites is 1. The molecule has 4 nitrogen and oxygen atoms in total. The first kappa shape index (κ1) is 12.8. The van der Waals surface area contributed by atoms with Crippen LogP contribution in [0.15, 0.2) is 65.6 Å². The number of fused-ring (bicyclic) bond motifs is 1. The van der Waals surface area contributed by atoms with E-state index in [1.165, 1.54) is 12.1 Å². The van der Waals surface area contributed by atoms with E-state index in [-0.39, 0.29) is 4.90 Å². The summed E-state index contributed by atoms with van der Waals surface area (Å²) >= 11 is 0. The maximum Gasteiger partial charge on any atom is 0.238 e. The van der Waals surface area contributed by atoms with Gasteiger partial charge in [0.2, 0.25) is 10.0 Å². The summed E-state index contributed by atoms with van der Waals surface area (Å²) < 4.78 is 22.8. The van der Waals surface area contributed by atoms with E-state index in [1.807, 2.05) is 42.5 Å². The molecule has 0 spiro atoms. The number of nitrogens with zero attached hydrogens (tertiary/aromatic N) is 1. The van der Waals surface area contributed by atoms with E-state index in [2.05, 4.69) is 4.98 Å². The third kappa shape index (κ3) is 2.41. The number of hydrogen-bond donors (Lipinski definition) is 1. The summed E-state index contributed by atoms with van der Waals surface area (Å²) in [6, 6.07) is 18.1. The molecule has 0 unspecified atom stereocenters. The molecule has 0 aliphatic carbocycles. The first-order valence-corrected chi connectivity index (χ1v) is 7.58. The molecule has 0 aliphatic heterocycles. The number of primary sulfonamides is 1. The summed E-state index contributed by atoms with van der Waals surface area (Å²) in [6.45, 7) is 0. The van der Waals surface area contributed by atoms with Crippen LogP contribution in [0.25, 0.3) is 22.2 Å². The van der Waals surface area contributed by atoms with Crippen molar-refractivity contribution in [1.82, 2.24) is 4.98 Å². The van der Waals surface area contributed by atoms with Crippen LogP contribution in [0.1, 0.15) is 0 Å². The van der Waals surface area contributed by atoms with E-state index in [1.54, 1.807) is 6.07 Å². The summed E-state index contributed by atoms with van der Waals surface area (Å²) in [4.78, 5) is 4.62. The van der Waals surface area contributed by atoms with Crippen molar-refractivity contribution in [2.24, 2.45) is 5.14 Å². The Morgan fingerprint density at radius 1 is 0.900 bits per heavy atom. The highest BCUT2D eigenvalue weighted by atomic mass is 32.2. The third-order valence-electron chi connectivity index (χ3n) is 3.06. The standard InChI is InChI=1S/C15H12N2O2S/c16-20(18,19)13-6-3-5-12(10-13)15-9-8-11-4-1-2-7-14(11)17-15/h1-10H,(H2,16,18,19). The monoisotopic (exact) mass is 284 g/mol. The Bertz CT molecular complexity index is 889. The van der Waals surface area contributed by atoms with E-state index >= 15 is 0 Å².